The van der Waals surface area contributed by atoms with Crippen LogP contribution in [-0.4, -0.2) is 24.4 Å². The maximum Gasteiger partial charge on any atom is 0.250 e. The second-order valence-electron chi connectivity index (χ2n) is 5.74. The quantitative estimate of drug-likeness (QED) is 0.839. The Hall–Kier alpha value is -1.91. The summed E-state index contributed by atoms with van der Waals surface area (Å²) in [6, 6.07) is 5.33. The van der Waals surface area contributed by atoms with Crippen LogP contribution in [0.1, 0.15) is 20.8 Å². The third kappa shape index (κ3) is 2.59. The van der Waals surface area contributed by atoms with Crippen molar-refractivity contribution in [3.8, 4) is 0 Å². The van der Waals surface area contributed by atoms with E-state index in [9.17, 15) is 14.0 Å². The van der Waals surface area contributed by atoms with Gasteiger partial charge in [0.2, 0.25) is 5.91 Å². The van der Waals surface area contributed by atoms with Crippen LogP contribution in [0.4, 0.5) is 10.1 Å². The van der Waals surface area contributed by atoms with E-state index in [0.29, 0.717) is 0 Å². The van der Waals surface area contributed by atoms with Gasteiger partial charge in [-0.05, 0) is 17.5 Å². The Labute approximate surface area is 111 Å². The first-order valence-electron chi connectivity index (χ1n) is 6.16. The molecule has 1 atom stereocenters. The van der Waals surface area contributed by atoms with Gasteiger partial charge in [0, 0.05) is 0 Å². The molecular weight excluding hydrogens is 247 g/mol. The number of anilines is 1. The van der Waals surface area contributed by atoms with Crippen LogP contribution in [0.3, 0.4) is 0 Å². The molecule has 0 radical (unpaired) electrons. The van der Waals surface area contributed by atoms with E-state index in [4.69, 9.17) is 0 Å². The zero-order chi connectivity index (χ0) is 14.2. The lowest BCUT2D eigenvalue weighted by Crippen LogP contribution is -2.62. The van der Waals surface area contributed by atoms with E-state index in [1.54, 1.807) is 12.1 Å². The first-order valence-corrected chi connectivity index (χ1v) is 6.16. The summed E-state index contributed by atoms with van der Waals surface area (Å²) >= 11 is 0. The predicted molar refractivity (Wildman–Crippen MR) is 70.1 cm³/mol. The van der Waals surface area contributed by atoms with E-state index < -0.39 is 17.3 Å². The number of hydrogen-bond donors (Lipinski definition) is 1. The van der Waals surface area contributed by atoms with E-state index in [1.807, 2.05) is 20.8 Å². The number of benzene rings is 1. The van der Waals surface area contributed by atoms with Crippen LogP contribution in [0.5, 0.6) is 0 Å². The standard InChI is InChI=1S/C14H17FN2O2/c1-14(2,3)12-13(19)17(8-11(18)16-12)10-7-5-4-6-9(10)15/h4-7,12H,8H2,1-3H3,(H,16,18). The molecule has 4 nitrogen and oxygen atoms in total. The summed E-state index contributed by atoms with van der Waals surface area (Å²) in [5.41, 5.74) is -0.270. The minimum Gasteiger partial charge on any atom is -0.342 e. The maximum atomic E-state index is 13.8. The molecular formula is C14H17FN2O2. The number of carbonyl (C=O) groups excluding carboxylic acids is 2. The SMILES string of the molecule is CC(C)(C)C1NC(=O)CN(c2ccccc2F)C1=O. The van der Waals surface area contributed by atoms with Crippen molar-refractivity contribution < 1.29 is 14.0 Å². The van der Waals surface area contributed by atoms with Crippen LogP contribution in [0.25, 0.3) is 0 Å². The molecule has 0 bridgehead atoms. The van der Waals surface area contributed by atoms with Crippen LogP contribution < -0.4 is 10.2 Å². The summed E-state index contributed by atoms with van der Waals surface area (Å²) in [4.78, 5) is 25.4. The van der Waals surface area contributed by atoms with Crippen molar-refractivity contribution in [2.75, 3.05) is 11.4 Å². The lowest BCUT2D eigenvalue weighted by atomic mass is 9.84. The highest BCUT2D eigenvalue weighted by atomic mass is 19.1. The number of nitrogens with zero attached hydrogens (tertiary/aromatic N) is 1. The van der Waals surface area contributed by atoms with Crippen molar-refractivity contribution in [3.05, 3.63) is 30.1 Å². The van der Waals surface area contributed by atoms with Crippen molar-refractivity contribution in [1.29, 1.82) is 0 Å². The van der Waals surface area contributed by atoms with E-state index in [1.165, 1.54) is 17.0 Å². The summed E-state index contributed by atoms with van der Waals surface area (Å²) in [6.07, 6.45) is 0. The number of amides is 2. The largest absolute Gasteiger partial charge is 0.342 e. The molecule has 1 N–H and O–H groups in total. The number of para-hydroxylation sites is 1. The van der Waals surface area contributed by atoms with Gasteiger partial charge in [0.25, 0.3) is 5.91 Å². The molecule has 1 aliphatic heterocycles. The molecule has 19 heavy (non-hydrogen) atoms. The lowest BCUT2D eigenvalue weighted by molar-refractivity contribution is -0.133. The molecule has 2 rings (SSSR count). The highest BCUT2D eigenvalue weighted by molar-refractivity contribution is 6.07. The molecule has 5 heteroatoms. The summed E-state index contributed by atoms with van der Waals surface area (Å²) in [7, 11) is 0. The van der Waals surface area contributed by atoms with Crippen LogP contribution in [0.15, 0.2) is 24.3 Å². The number of nitrogens with one attached hydrogen (secondary N) is 1. The van der Waals surface area contributed by atoms with E-state index in [0.717, 1.165) is 0 Å². The van der Waals surface area contributed by atoms with Crippen molar-refractivity contribution >= 4 is 17.5 Å². The van der Waals surface area contributed by atoms with Gasteiger partial charge in [-0.25, -0.2) is 4.39 Å². The molecule has 2 amide bonds. The zero-order valence-corrected chi connectivity index (χ0v) is 11.2. The Balaban J connectivity index is 2.39. The molecule has 0 saturated carbocycles. The first-order chi connectivity index (χ1) is 8.80. The van der Waals surface area contributed by atoms with E-state index >= 15 is 0 Å². The fourth-order valence-corrected chi connectivity index (χ4v) is 2.11. The first kappa shape index (κ1) is 13.5. The minimum atomic E-state index is -0.645. The molecule has 1 heterocycles. The van der Waals surface area contributed by atoms with Crippen molar-refractivity contribution in [2.45, 2.75) is 26.8 Å². The molecule has 102 valence electrons. The van der Waals surface area contributed by atoms with Gasteiger partial charge in [-0.2, -0.15) is 0 Å². The van der Waals surface area contributed by atoms with Gasteiger partial charge < -0.3 is 5.32 Å². The maximum absolute atomic E-state index is 13.8. The van der Waals surface area contributed by atoms with Crippen molar-refractivity contribution in [3.63, 3.8) is 0 Å². The second kappa shape index (κ2) is 4.64. The fourth-order valence-electron chi connectivity index (χ4n) is 2.11. The molecule has 0 aliphatic carbocycles. The average Bonchev–Trinajstić information content (AvgIpc) is 2.31. The Morgan fingerprint density at radius 2 is 1.89 bits per heavy atom. The predicted octanol–water partition coefficient (Wildman–Crippen LogP) is 1.70. The van der Waals surface area contributed by atoms with Crippen molar-refractivity contribution in [2.24, 2.45) is 5.41 Å². The molecule has 0 spiro atoms. The monoisotopic (exact) mass is 264 g/mol. The minimum absolute atomic E-state index is 0.146. The Morgan fingerprint density at radius 3 is 2.47 bits per heavy atom. The number of carbonyl (C=O) groups is 2. The van der Waals surface area contributed by atoms with Gasteiger partial charge >= 0.3 is 0 Å². The Kier molecular flexibility index (Phi) is 3.30. The van der Waals surface area contributed by atoms with Crippen LogP contribution >= 0.6 is 0 Å². The summed E-state index contributed by atoms with van der Waals surface area (Å²) in [5, 5.41) is 2.67. The van der Waals surface area contributed by atoms with Gasteiger partial charge in [-0.3, -0.25) is 14.5 Å². The molecule has 0 aromatic heterocycles. The van der Waals surface area contributed by atoms with Gasteiger partial charge in [0.15, 0.2) is 0 Å². The van der Waals surface area contributed by atoms with E-state index in [2.05, 4.69) is 5.32 Å². The number of hydrogen-bond acceptors (Lipinski definition) is 2. The van der Waals surface area contributed by atoms with Crippen LogP contribution in [0.2, 0.25) is 0 Å². The summed E-state index contributed by atoms with van der Waals surface area (Å²) in [5.74, 6) is -1.06. The average molecular weight is 264 g/mol. The zero-order valence-electron chi connectivity index (χ0n) is 11.2. The molecule has 1 aliphatic rings. The lowest BCUT2D eigenvalue weighted by Gasteiger charge is -2.38. The highest BCUT2D eigenvalue weighted by Crippen LogP contribution is 2.27. The highest BCUT2D eigenvalue weighted by Gasteiger charge is 2.41. The van der Waals surface area contributed by atoms with Gasteiger partial charge in [-0.15, -0.1) is 0 Å². The Morgan fingerprint density at radius 1 is 1.26 bits per heavy atom. The molecule has 1 aromatic carbocycles. The van der Waals surface area contributed by atoms with Gasteiger partial charge in [-0.1, -0.05) is 32.9 Å². The summed E-state index contributed by atoms with van der Waals surface area (Å²) in [6.45, 7) is 5.44. The van der Waals surface area contributed by atoms with Crippen LogP contribution in [0, 0.1) is 11.2 Å². The molecule has 1 fully saturated rings. The van der Waals surface area contributed by atoms with Gasteiger partial charge in [0.1, 0.15) is 18.4 Å². The molecule has 1 saturated heterocycles. The third-order valence-electron chi connectivity index (χ3n) is 3.13. The number of piperazine rings is 1. The number of halogens is 1. The van der Waals surface area contributed by atoms with Crippen molar-refractivity contribution in [1.82, 2.24) is 5.32 Å². The normalized spacial score (nSPS) is 20.4. The second-order valence-corrected chi connectivity index (χ2v) is 5.74. The Bertz CT molecular complexity index is 522. The number of rotatable bonds is 1. The smallest absolute Gasteiger partial charge is 0.250 e. The summed E-state index contributed by atoms with van der Waals surface area (Å²) < 4.78 is 13.8. The van der Waals surface area contributed by atoms with Crippen LogP contribution in [-0.2, 0) is 9.59 Å². The van der Waals surface area contributed by atoms with E-state index in [-0.39, 0.29) is 24.0 Å². The van der Waals surface area contributed by atoms with Gasteiger partial charge in [0.05, 0.1) is 5.69 Å². The third-order valence-corrected chi connectivity index (χ3v) is 3.13. The molecule has 1 aromatic rings. The topological polar surface area (TPSA) is 49.4 Å². The molecule has 1 unspecified atom stereocenters. The fraction of sp³-hybridized carbons (Fsp3) is 0.429.